The lowest BCUT2D eigenvalue weighted by molar-refractivity contribution is -0.237. The zero-order chi connectivity index (χ0) is 19.5. The minimum Gasteiger partial charge on any atom is -0.459 e. The van der Waals surface area contributed by atoms with Gasteiger partial charge in [0.05, 0.1) is 17.4 Å². The Balaban J connectivity index is 2.30. The van der Waals surface area contributed by atoms with Gasteiger partial charge in [-0.2, -0.15) is 0 Å². The Kier molecular flexibility index (Phi) is 5.69. The molecule has 0 aliphatic carbocycles. The van der Waals surface area contributed by atoms with Crippen molar-refractivity contribution in [2.24, 2.45) is 5.73 Å². The van der Waals surface area contributed by atoms with Gasteiger partial charge in [-0.05, 0) is 31.5 Å². The number of nitrogens with two attached hydrogens (primary N) is 1. The lowest BCUT2D eigenvalue weighted by Gasteiger charge is -2.35. The van der Waals surface area contributed by atoms with Crippen LogP contribution in [0.1, 0.15) is 56.5 Å². The maximum absolute atomic E-state index is 12.3. The predicted molar refractivity (Wildman–Crippen MR) is 93.6 cm³/mol. The van der Waals surface area contributed by atoms with E-state index in [1.54, 1.807) is 27.7 Å². The van der Waals surface area contributed by atoms with Gasteiger partial charge in [0.25, 0.3) is 5.79 Å². The molecule has 0 spiro atoms. The highest BCUT2D eigenvalue weighted by atomic mass is 16.7. The first-order valence-electron chi connectivity index (χ1n) is 8.50. The van der Waals surface area contributed by atoms with Gasteiger partial charge in [-0.3, -0.25) is 0 Å². The summed E-state index contributed by atoms with van der Waals surface area (Å²) in [4.78, 5) is 36.5. The van der Waals surface area contributed by atoms with Crippen molar-refractivity contribution in [3.8, 4) is 0 Å². The number of ether oxygens (including phenoxy) is 3. The molecule has 0 saturated carbocycles. The molecule has 1 aromatic rings. The third kappa shape index (κ3) is 3.87. The Labute approximate surface area is 152 Å². The van der Waals surface area contributed by atoms with E-state index in [1.807, 2.05) is 0 Å². The third-order valence-corrected chi connectivity index (χ3v) is 4.09. The first-order valence-corrected chi connectivity index (χ1v) is 8.50. The molecule has 1 aromatic carbocycles. The smallest absolute Gasteiger partial charge is 0.351 e. The van der Waals surface area contributed by atoms with Crippen molar-refractivity contribution >= 4 is 23.6 Å². The number of carbonyl (C=O) groups is 3. The van der Waals surface area contributed by atoms with Gasteiger partial charge in [0.15, 0.2) is 5.57 Å². The number of cyclic esters (lactones) is 2. The van der Waals surface area contributed by atoms with Crippen molar-refractivity contribution in [1.29, 1.82) is 0 Å². The van der Waals surface area contributed by atoms with Gasteiger partial charge in [-0.1, -0.05) is 26.0 Å². The van der Waals surface area contributed by atoms with Crippen molar-refractivity contribution in [3.63, 3.8) is 0 Å². The number of carbonyl (C=O) groups excluding carboxylic acids is 3. The van der Waals surface area contributed by atoms with E-state index >= 15 is 0 Å². The molecule has 26 heavy (non-hydrogen) atoms. The number of rotatable bonds is 5. The van der Waals surface area contributed by atoms with Crippen LogP contribution in [0.4, 0.5) is 0 Å². The Morgan fingerprint density at radius 1 is 1.04 bits per heavy atom. The zero-order valence-electron chi connectivity index (χ0n) is 15.3. The van der Waals surface area contributed by atoms with Gasteiger partial charge in [0.1, 0.15) is 0 Å². The first kappa shape index (κ1) is 19.5. The molecule has 1 fully saturated rings. The van der Waals surface area contributed by atoms with Crippen LogP contribution in [0, 0.1) is 0 Å². The van der Waals surface area contributed by atoms with Gasteiger partial charge in [-0.15, -0.1) is 0 Å². The van der Waals surface area contributed by atoms with Gasteiger partial charge >= 0.3 is 17.9 Å². The fourth-order valence-electron chi connectivity index (χ4n) is 2.52. The molecule has 0 atom stereocenters. The van der Waals surface area contributed by atoms with Crippen LogP contribution >= 0.6 is 0 Å². The van der Waals surface area contributed by atoms with Gasteiger partial charge < -0.3 is 19.9 Å². The molecule has 0 bridgehead atoms. The molecule has 0 aromatic heterocycles. The van der Waals surface area contributed by atoms with Crippen molar-refractivity contribution in [1.82, 2.24) is 0 Å². The molecule has 0 radical (unpaired) electrons. The molecule has 1 heterocycles. The minimum absolute atomic E-state index is 0.0652. The molecule has 140 valence electrons. The normalized spacial score (nSPS) is 16.1. The van der Waals surface area contributed by atoms with E-state index in [-0.39, 0.29) is 17.4 Å². The van der Waals surface area contributed by atoms with Gasteiger partial charge in [0.2, 0.25) is 0 Å². The SMILES string of the molecule is CCC1(CC)OC(=O)C(=C(N)c2ccc(C(=O)OC(C)C)cc2)C(=O)O1. The minimum atomic E-state index is -1.25. The fraction of sp³-hybridized carbons (Fsp3) is 0.421. The molecule has 0 amide bonds. The maximum atomic E-state index is 12.3. The van der Waals surface area contributed by atoms with Crippen LogP contribution in [0.3, 0.4) is 0 Å². The van der Waals surface area contributed by atoms with Crippen LogP contribution in [0.15, 0.2) is 29.8 Å². The summed E-state index contributed by atoms with van der Waals surface area (Å²) in [6.07, 6.45) is 0.459. The highest BCUT2D eigenvalue weighted by Crippen LogP contribution is 2.31. The second-order valence-corrected chi connectivity index (χ2v) is 6.22. The molecule has 7 nitrogen and oxygen atoms in total. The largest absolute Gasteiger partial charge is 0.459 e. The van der Waals surface area contributed by atoms with Crippen LogP contribution < -0.4 is 5.73 Å². The monoisotopic (exact) mass is 361 g/mol. The van der Waals surface area contributed by atoms with E-state index in [9.17, 15) is 14.4 Å². The van der Waals surface area contributed by atoms with Crippen LogP contribution in [-0.4, -0.2) is 29.8 Å². The van der Waals surface area contributed by atoms with Crippen LogP contribution in [0.25, 0.3) is 5.70 Å². The molecular formula is C19H23NO6. The third-order valence-electron chi connectivity index (χ3n) is 4.09. The van der Waals surface area contributed by atoms with Crippen molar-refractivity contribution < 1.29 is 28.6 Å². The summed E-state index contributed by atoms with van der Waals surface area (Å²) in [5.41, 5.74) is 6.31. The number of hydrogen-bond acceptors (Lipinski definition) is 7. The maximum Gasteiger partial charge on any atom is 0.351 e. The lowest BCUT2D eigenvalue weighted by atomic mass is 10.0. The Bertz CT molecular complexity index is 722. The van der Waals surface area contributed by atoms with Crippen LogP contribution in [-0.2, 0) is 23.8 Å². The van der Waals surface area contributed by atoms with Crippen molar-refractivity contribution in [2.45, 2.75) is 52.4 Å². The average molecular weight is 361 g/mol. The summed E-state index contributed by atoms with van der Waals surface area (Å²) in [5, 5.41) is 0. The number of benzene rings is 1. The lowest BCUT2D eigenvalue weighted by Crippen LogP contribution is -2.46. The van der Waals surface area contributed by atoms with E-state index < -0.39 is 23.7 Å². The average Bonchev–Trinajstić information content (AvgIpc) is 2.60. The van der Waals surface area contributed by atoms with Crippen LogP contribution in [0.5, 0.6) is 0 Å². The molecule has 2 N–H and O–H groups in total. The molecule has 1 saturated heterocycles. The Hall–Kier alpha value is -2.83. The summed E-state index contributed by atoms with van der Waals surface area (Å²) < 4.78 is 15.7. The Morgan fingerprint density at radius 3 is 1.92 bits per heavy atom. The summed E-state index contributed by atoms with van der Waals surface area (Å²) in [6.45, 7) is 7.03. The summed E-state index contributed by atoms with van der Waals surface area (Å²) in [5.74, 6) is -3.34. The van der Waals surface area contributed by atoms with Gasteiger partial charge in [0, 0.05) is 12.8 Å². The molecular weight excluding hydrogens is 338 g/mol. The van der Waals surface area contributed by atoms with Crippen molar-refractivity contribution in [2.75, 3.05) is 0 Å². The van der Waals surface area contributed by atoms with E-state index in [4.69, 9.17) is 19.9 Å². The van der Waals surface area contributed by atoms with Gasteiger partial charge in [-0.25, -0.2) is 14.4 Å². The van der Waals surface area contributed by atoms with Crippen molar-refractivity contribution in [3.05, 3.63) is 41.0 Å². The second kappa shape index (κ2) is 7.59. The fourth-order valence-corrected chi connectivity index (χ4v) is 2.52. The predicted octanol–water partition coefficient (Wildman–Crippen LogP) is 2.54. The molecule has 2 rings (SSSR count). The summed E-state index contributed by atoms with van der Waals surface area (Å²) >= 11 is 0. The Morgan fingerprint density at radius 2 is 1.50 bits per heavy atom. The molecule has 1 aliphatic heterocycles. The standard InChI is InChI=1S/C19H23NO6/c1-5-19(6-2)25-17(22)14(18(23)26-19)15(20)12-7-9-13(10-8-12)16(21)24-11(3)4/h7-11H,5-6,20H2,1-4H3. The van der Waals surface area contributed by atoms with Crippen LogP contribution in [0.2, 0.25) is 0 Å². The van der Waals surface area contributed by atoms with E-state index in [1.165, 1.54) is 24.3 Å². The number of hydrogen-bond donors (Lipinski definition) is 1. The first-order chi connectivity index (χ1) is 12.2. The quantitative estimate of drug-likeness (QED) is 0.488. The van der Waals surface area contributed by atoms with E-state index in [0.717, 1.165) is 0 Å². The summed E-state index contributed by atoms with van der Waals surface area (Å²) in [6, 6.07) is 6.08. The van der Waals surface area contributed by atoms with E-state index in [0.29, 0.717) is 24.0 Å². The topological polar surface area (TPSA) is 105 Å². The summed E-state index contributed by atoms with van der Waals surface area (Å²) in [7, 11) is 0. The molecule has 7 heteroatoms. The highest BCUT2D eigenvalue weighted by Gasteiger charge is 2.44. The highest BCUT2D eigenvalue weighted by molar-refractivity contribution is 6.20. The van der Waals surface area contributed by atoms with E-state index in [2.05, 4.69) is 0 Å². The molecule has 0 unspecified atom stereocenters. The molecule has 1 aliphatic rings. The second-order valence-electron chi connectivity index (χ2n) is 6.22. The zero-order valence-corrected chi connectivity index (χ0v) is 15.3. The number of esters is 3.